The Kier molecular flexibility index (Phi) is 4.85. The highest BCUT2D eigenvalue weighted by molar-refractivity contribution is 5.84. The van der Waals surface area contributed by atoms with Crippen LogP contribution in [0.25, 0.3) is 0 Å². The SMILES string of the molecule is CCCCC1NC(CC)N(CC2(C)CCCO2)C1=O. The standard InChI is InChI=1S/C15H28N2O2/c1-4-6-8-12-14(18)17(13(5-2)16-12)11-15(3)9-7-10-19-15/h12-13,16H,4-11H2,1-3H3. The van der Waals surface area contributed by atoms with E-state index in [2.05, 4.69) is 26.1 Å². The molecule has 19 heavy (non-hydrogen) atoms. The predicted octanol–water partition coefficient (Wildman–Crippen LogP) is 2.28. The lowest BCUT2D eigenvalue weighted by Gasteiger charge is -2.32. The zero-order valence-corrected chi connectivity index (χ0v) is 12.6. The zero-order chi connectivity index (χ0) is 13.9. The summed E-state index contributed by atoms with van der Waals surface area (Å²) in [5.41, 5.74) is -0.135. The summed E-state index contributed by atoms with van der Waals surface area (Å²) in [4.78, 5) is 14.5. The molecular formula is C15H28N2O2. The summed E-state index contributed by atoms with van der Waals surface area (Å²) in [5.74, 6) is 0.275. The number of amides is 1. The average molecular weight is 268 g/mol. The van der Waals surface area contributed by atoms with E-state index in [0.29, 0.717) is 0 Å². The van der Waals surface area contributed by atoms with Crippen molar-refractivity contribution in [2.75, 3.05) is 13.2 Å². The van der Waals surface area contributed by atoms with Crippen molar-refractivity contribution in [3.8, 4) is 0 Å². The lowest BCUT2D eigenvalue weighted by atomic mass is 10.0. The van der Waals surface area contributed by atoms with Crippen molar-refractivity contribution in [2.45, 2.75) is 77.1 Å². The molecule has 2 heterocycles. The Morgan fingerprint density at radius 1 is 1.47 bits per heavy atom. The van der Waals surface area contributed by atoms with Crippen molar-refractivity contribution in [2.24, 2.45) is 0 Å². The number of ether oxygens (including phenoxy) is 1. The molecule has 2 aliphatic heterocycles. The van der Waals surface area contributed by atoms with Crippen LogP contribution in [0, 0.1) is 0 Å². The maximum atomic E-state index is 12.5. The molecule has 4 heteroatoms. The van der Waals surface area contributed by atoms with Crippen LogP contribution in [0.1, 0.15) is 59.3 Å². The maximum absolute atomic E-state index is 12.5. The van der Waals surface area contributed by atoms with Crippen LogP contribution in [0.3, 0.4) is 0 Å². The van der Waals surface area contributed by atoms with Crippen LogP contribution in [0.2, 0.25) is 0 Å². The van der Waals surface area contributed by atoms with Gasteiger partial charge in [0.1, 0.15) is 0 Å². The number of rotatable bonds is 6. The number of hydrogen-bond acceptors (Lipinski definition) is 3. The van der Waals surface area contributed by atoms with Crippen molar-refractivity contribution in [3.05, 3.63) is 0 Å². The lowest BCUT2D eigenvalue weighted by Crippen LogP contribution is -2.46. The fraction of sp³-hybridized carbons (Fsp3) is 0.933. The topological polar surface area (TPSA) is 41.6 Å². The van der Waals surface area contributed by atoms with E-state index in [1.165, 1.54) is 0 Å². The molecule has 1 amide bonds. The summed E-state index contributed by atoms with van der Waals surface area (Å²) >= 11 is 0. The largest absolute Gasteiger partial charge is 0.373 e. The van der Waals surface area contributed by atoms with Gasteiger partial charge < -0.3 is 9.64 Å². The van der Waals surface area contributed by atoms with Gasteiger partial charge in [-0.25, -0.2) is 0 Å². The summed E-state index contributed by atoms with van der Waals surface area (Å²) in [7, 11) is 0. The first-order valence-corrected chi connectivity index (χ1v) is 7.80. The van der Waals surface area contributed by atoms with Gasteiger partial charge in [0.15, 0.2) is 0 Å². The van der Waals surface area contributed by atoms with Gasteiger partial charge in [-0.05, 0) is 32.6 Å². The number of nitrogens with zero attached hydrogens (tertiary/aromatic N) is 1. The lowest BCUT2D eigenvalue weighted by molar-refractivity contribution is -0.133. The van der Waals surface area contributed by atoms with Gasteiger partial charge in [-0.1, -0.05) is 26.7 Å². The van der Waals surface area contributed by atoms with Crippen LogP contribution >= 0.6 is 0 Å². The molecule has 0 bridgehead atoms. The smallest absolute Gasteiger partial charge is 0.241 e. The van der Waals surface area contributed by atoms with E-state index in [1.54, 1.807) is 0 Å². The molecule has 0 aromatic carbocycles. The molecule has 2 fully saturated rings. The first-order valence-electron chi connectivity index (χ1n) is 7.80. The van der Waals surface area contributed by atoms with Gasteiger partial charge in [0, 0.05) is 6.61 Å². The molecule has 2 saturated heterocycles. The zero-order valence-electron chi connectivity index (χ0n) is 12.6. The third-order valence-electron chi connectivity index (χ3n) is 4.39. The summed E-state index contributed by atoms with van der Waals surface area (Å²) in [6.07, 6.45) is 6.54. The van der Waals surface area contributed by atoms with E-state index < -0.39 is 0 Å². The molecule has 0 aromatic heterocycles. The molecule has 1 N–H and O–H groups in total. The predicted molar refractivity (Wildman–Crippen MR) is 75.8 cm³/mol. The van der Waals surface area contributed by atoms with Gasteiger partial charge in [-0.3, -0.25) is 10.1 Å². The van der Waals surface area contributed by atoms with E-state index in [0.717, 1.165) is 51.7 Å². The summed E-state index contributed by atoms with van der Waals surface area (Å²) in [5, 5.41) is 3.49. The second-order valence-corrected chi connectivity index (χ2v) is 6.15. The van der Waals surface area contributed by atoms with E-state index in [9.17, 15) is 4.79 Å². The highest BCUT2D eigenvalue weighted by Gasteiger charge is 2.42. The van der Waals surface area contributed by atoms with Gasteiger partial charge in [0.2, 0.25) is 5.91 Å². The van der Waals surface area contributed by atoms with Crippen LogP contribution in [0.5, 0.6) is 0 Å². The minimum atomic E-state index is -0.135. The van der Waals surface area contributed by atoms with Gasteiger partial charge in [-0.2, -0.15) is 0 Å². The van der Waals surface area contributed by atoms with Gasteiger partial charge in [-0.15, -0.1) is 0 Å². The molecule has 3 atom stereocenters. The quantitative estimate of drug-likeness (QED) is 0.803. The Morgan fingerprint density at radius 2 is 2.26 bits per heavy atom. The second-order valence-electron chi connectivity index (χ2n) is 6.15. The van der Waals surface area contributed by atoms with E-state index in [-0.39, 0.29) is 23.7 Å². The van der Waals surface area contributed by atoms with Gasteiger partial charge in [0.25, 0.3) is 0 Å². The number of hydrogen-bond donors (Lipinski definition) is 1. The Labute approximate surface area is 116 Å². The molecular weight excluding hydrogens is 240 g/mol. The molecule has 3 unspecified atom stereocenters. The van der Waals surface area contributed by atoms with E-state index >= 15 is 0 Å². The highest BCUT2D eigenvalue weighted by atomic mass is 16.5. The molecule has 2 aliphatic rings. The van der Waals surface area contributed by atoms with Crippen molar-refractivity contribution in [3.63, 3.8) is 0 Å². The molecule has 0 spiro atoms. The fourth-order valence-corrected chi connectivity index (χ4v) is 3.21. The first kappa shape index (κ1) is 14.8. The fourth-order valence-electron chi connectivity index (χ4n) is 3.21. The highest BCUT2D eigenvalue weighted by Crippen LogP contribution is 2.29. The Bertz CT molecular complexity index is 313. The summed E-state index contributed by atoms with van der Waals surface area (Å²) in [6.45, 7) is 8.02. The average Bonchev–Trinajstić information content (AvgIpc) is 2.94. The monoisotopic (exact) mass is 268 g/mol. The molecule has 0 saturated carbocycles. The van der Waals surface area contributed by atoms with Crippen molar-refractivity contribution in [1.82, 2.24) is 10.2 Å². The van der Waals surface area contributed by atoms with Crippen molar-refractivity contribution >= 4 is 5.91 Å². The van der Waals surface area contributed by atoms with Crippen LogP contribution in [-0.4, -0.2) is 41.8 Å². The van der Waals surface area contributed by atoms with Crippen LogP contribution in [0.4, 0.5) is 0 Å². The normalized spacial score (nSPS) is 35.3. The molecule has 2 rings (SSSR count). The number of carbonyl (C=O) groups is 1. The maximum Gasteiger partial charge on any atom is 0.241 e. The number of nitrogens with one attached hydrogen (secondary N) is 1. The van der Waals surface area contributed by atoms with Crippen molar-refractivity contribution in [1.29, 1.82) is 0 Å². The summed E-state index contributed by atoms with van der Waals surface area (Å²) in [6, 6.07) is 0.0231. The Balaban J connectivity index is 1.99. The Morgan fingerprint density at radius 3 is 2.84 bits per heavy atom. The molecule has 0 aliphatic carbocycles. The van der Waals surface area contributed by atoms with Crippen LogP contribution in [0.15, 0.2) is 0 Å². The number of unbranched alkanes of at least 4 members (excludes halogenated alkanes) is 1. The summed E-state index contributed by atoms with van der Waals surface area (Å²) < 4.78 is 5.84. The third kappa shape index (κ3) is 3.29. The Hall–Kier alpha value is -0.610. The first-order chi connectivity index (χ1) is 9.09. The van der Waals surface area contributed by atoms with E-state index in [1.807, 2.05) is 4.90 Å². The third-order valence-corrected chi connectivity index (χ3v) is 4.39. The number of carbonyl (C=O) groups excluding carboxylic acids is 1. The molecule has 0 aromatic rings. The van der Waals surface area contributed by atoms with E-state index in [4.69, 9.17) is 4.74 Å². The van der Waals surface area contributed by atoms with Gasteiger partial charge in [0.05, 0.1) is 24.4 Å². The molecule has 4 nitrogen and oxygen atoms in total. The second kappa shape index (κ2) is 6.23. The van der Waals surface area contributed by atoms with Crippen molar-refractivity contribution < 1.29 is 9.53 Å². The molecule has 0 radical (unpaired) electrons. The molecule has 110 valence electrons. The minimum Gasteiger partial charge on any atom is -0.373 e. The van der Waals surface area contributed by atoms with Gasteiger partial charge >= 0.3 is 0 Å². The van der Waals surface area contributed by atoms with Crippen LogP contribution in [-0.2, 0) is 9.53 Å². The van der Waals surface area contributed by atoms with Crippen LogP contribution < -0.4 is 5.32 Å². The minimum absolute atomic E-state index is 0.0231.